The lowest BCUT2D eigenvalue weighted by atomic mass is 10.0. The Morgan fingerprint density at radius 2 is 2.14 bits per heavy atom. The topological polar surface area (TPSA) is 60.2 Å². The van der Waals surface area contributed by atoms with Crippen molar-refractivity contribution in [1.29, 1.82) is 0 Å². The van der Waals surface area contributed by atoms with Crippen LogP contribution in [0.3, 0.4) is 0 Å². The van der Waals surface area contributed by atoms with Crippen molar-refractivity contribution in [2.75, 3.05) is 6.61 Å². The van der Waals surface area contributed by atoms with Crippen LogP contribution >= 0.6 is 0 Å². The molecule has 2 aromatic rings. The molecule has 1 aliphatic rings. The molecule has 0 amide bonds. The maximum atomic E-state index is 12.5. The Labute approximate surface area is 122 Å². The molecule has 1 aromatic heterocycles. The van der Waals surface area contributed by atoms with Crippen LogP contribution < -0.4 is 0 Å². The minimum absolute atomic E-state index is 0.0243. The number of ether oxygens (including phenoxy) is 1. The third-order valence-electron chi connectivity index (χ3n) is 3.94. The summed E-state index contributed by atoms with van der Waals surface area (Å²) in [5, 5.41) is 17.5. The van der Waals surface area contributed by atoms with Gasteiger partial charge in [-0.2, -0.15) is 0 Å². The molecule has 1 unspecified atom stereocenters. The fourth-order valence-electron chi connectivity index (χ4n) is 2.59. The molecule has 1 saturated heterocycles. The average molecular weight is 290 g/mol. The molecule has 5 nitrogen and oxygen atoms in total. The third-order valence-corrected chi connectivity index (χ3v) is 3.94. The number of aliphatic hydroxyl groups excluding tert-OH is 1. The van der Waals surface area contributed by atoms with Gasteiger partial charge in [0.25, 0.3) is 0 Å². The van der Waals surface area contributed by atoms with Crippen LogP contribution in [0.15, 0.2) is 30.5 Å². The summed E-state index contributed by atoms with van der Waals surface area (Å²) in [5.41, 5.74) is 2.22. The highest BCUT2D eigenvalue weighted by atomic mass is 18.2. The maximum Gasteiger partial charge on any atom is 0.115 e. The lowest BCUT2D eigenvalue weighted by Crippen LogP contribution is -2.17. The molecule has 6 heteroatoms. The van der Waals surface area contributed by atoms with Gasteiger partial charge in [0.2, 0.25) is 0 Å². The molecule has 0 saturated carbocycles. The molecule has 1 aliphatic heterocycles. The molecule has 1 N–H and O–H groups in total. The van der Waals surface area contributed by atoms with Crippen molar-refractivity contribution >= 4 is 0 Å². The fourth-order valence-corrected chi connectivity index (χ4v) is 2.59. The van der Waals surface area contributed by atoms with E-state index in [2.05, 4.69) is 17.2 Å². The summed E-state index contributed by atoms with van der Waals surface area (Å²) in [6, 6.07) is 7.07. The Kier molecular flexibility index (Phi) is 3.98. The molecule has 3 rings (SSSR count). The van der Waals surface area contributed by atoms with Crippen molar-refractivity contribution < 1.29 is 14.2 Å². The molecule has 3 atom stereocenters. The first kappa shape index (κ1) is 14.2. The van der Waals surface area contributed by atoms with Gasteiger partial charge in [0, 0.05) is 0 Å². The van der Waals surface area contributed by atoms with Crippen LogP contribution in [0.4, 0.5) is 4.39 Å². The summed E-state index contributed by atoms with van der Waals surface area (Å²) < 4.78 is 19.9. The van der Waals surface area contributed by atoms with Gasteiger partial charge < -0.3 is 9.84 Å². The van der Waals surface area contributed by atoms with E-state index in [1.807, 2.05) is 18.3 Å². The summed E-state index contributed by atoms with van der Waals surface area (Å²) >= 11 is 0. The second-order valence-electron chi connectivity index (χ2n) is 5.45. The zero-order valence-electron chi connectivity index (χ0n) is 11.8. The van der Waals surface area contributed by atoms with E-state index >= 15 is 0 Å². The standard InChI is InChI=1S/C15H18FN3O2/c1-10-6-14(21-15(10)9-20)13-8-19(18-17-13)12-4-2-11(7-16)3-5-12/h2-5,8,10,14-15,20H,6-7,9H2,1H3/t10?,14-,15-/m1/s1/i16-1. The van der Waals surface area contributed by atoms with Crippen LogP contribution in [0.1, 0.15) is 30.7 Å². The molecule has 0 aliphatic carbocycles. The van der Waals surface area contributed by atoms with Gasteiger partial charge in [-0.05, 0) is 30.0 Å². The van der Waals surface area contributed by atoms with Gasteiger partial charge in [0.15, 0.2) is 0 Å². The van der Waals surface area contributed by atoms with Crippen molar-refractivity contribution in [3.8, 4) is 5.69 Å². The smallest absolute Gasteiger partial charge is 0.115 e. The van der Waals surface area contributed by atoms with Crippen LogP contribution in [0, 0.1) is 5.92 Å². The van der Waals surface area contributed by atoms with Gasteiger partial charge in [-0.25, -0.2) is 9.07 Å². The Bertz CT molecular complexity index is 599. The van der Waals surface area contributed by atoms with E-state index in [4.69, 9.17) is 4.74 Å². The van der Waals surface area contributed by atoms with Crippen LogP contribution in [0.25, 0.3) is 5.69 Å². The zero-order valence-corrected chi connectivity index (χ0v) is 11.8. The number of halogens is 1. The monoisotopic (exact) mass is 290 g/mol. The van der Waals surface area contributed by atoms with Gasteiger partial charge in [0.1, 0.15) is 18.5 Å². The van der Waals surface area contributed by atoms with Gasteiger partial charge >= 0.3 is 0 Å². The van der Waals surface area contributed by atoms with Crippen LogP contribution in [0.5, 0.6) is 0 Å². The molecule has 0 radical (unpaired) electrons. The SMILES string of the molecule is CC1C[C@H](c2cn(-c3ccc(C[18F])cc3)nn2)O[C@@H]1CO. The fraction of sp³-hybridized carbons (Fsp3) is 0.467. The molecular weight excluding hydrogens is 272 g/mol. The molecule has 0 bridgehead atoms. The van der Waals surface area contributed by atoms with Crippen molar-refractivity contribution in [3.63, 3.8) is 0 Å². The quantitative estimate of drug-likeness (QED) is 0.937. The Morgan fingerprint density at radius 3 is 2.76 bits per heavy atom. The summed E-state index contributed by atoms with van der Waals surface area (Å²) in [7, 11) is 0. The predicted octanol–water partition coefficient (Wildman–Crippen LogP) is 2.20. The van der Waals surface area contributed by atoms with E-state index in [0.717, 1.165) is 17.8 Å². The summed E-state index contributed by atoms with van der Waals surface area (Å²) in [6.07, 6.45) is 2.38. The second kappa shape index (κ2) is 5.91. The van der Waals surface area contributed by atoms with Crippen LogP contribution in [-0.2, 0) is 11.4 Å². The highest BCUT2D eigenvalue weighted by Gasteiger charge is 2.34. The highest BCUT2D eigenvalue weighted by molar-refractivity contribution is 5.33. The van der Waals surface area contributed by atoms with Gasteiger partial charge in [0.05, 0.1) is 24.6 Å². The first-order valence-electron chi connectivity index (χ1n) is 7.05. The summed E-state index contributed by atoms with van der Waals surface area (Å²) in [4.78, 5) is 0. The number of alkyl halides is 1. The number of rotatable bonds is 4. The highest BCUT2D eigenvalue weighted by Crippen LogP contribution is 2.35. The van der Waals surface area contributed by atoms with Crippen molar-refractivity contribution in [1.82, 2.24) is 15.0 Å². The number of nitrogens with zero attached hydrogens (tertiary/aromatic N) is 3. The minimum Gasteiger partial charge on any atom is -0.394 e. The molecule has 0 spiro atoms. The lowest BCUT2D eigenvalue weighted by Gasteiger charge is -2.10. The third kappa shape index (κ3) is 2.82. The van der Waals surface area contributed by atoms with Crippen molar-refractivity contribution in [2.24, 2.45) is 5.92 Å². The molecule has 112 valence electrons. The number of aromatic nitrogens is 3. The maximum absolute atomic E-state index is 12.5. The first-order valence-corrected chi connectivity index (χ1v) is 7.05. The minimum atomic E-state index is -0.473. The zero-order chi connectivity index (χ0) is 14.8. The molecule has 21 heavy (non-hydrogen) atoms. The van der Waals surface area contributed by atoms with E-state index in [0.29, 0.717) is 11.5 Å². The van der Waals surface area contributed by atoms with Gasteiger partial charge in [-0.1, -0.05) is 24.3 Å². The number of hydrogen-bond donors (Lipinski definition) is 1. The normalized spacial score (nSPS) is 25.4. The van der Waals surface area contributed by atoms with Crippen molar-refractivity contribution in [3.05, 3.63) is 41.7 Å². The predicted molar refractivity (Wildman–Crippen MR) is 74.7 cm³/mol. The number of hydrogen-bond acceptors (Lipinski definition) is 4. The van der Waals surface area contributed by atoms with E-state index < -0.39 is 6.67 Å². The van der Waals surface area contributed by atoms with Gasteiger partial charge in [-0.15, -0.1) is 5.10 Å². The number of benzene rings is 1. The van der Waals surface area contributed by atoms with E-state index in [1.165, 1.54) is 0 Å². The molecule has 1 fully saturated rings. The van der Waals surface area contributed by atoms with E-state index in [9.17, 15) is 9.50 Å². The second-order valence-corrected chi connectivity index (χ2v) is 5.45. The Hall–Kier alpha value is -1.79. The Balaban J connectivity index is 1.77. The van der Waals surface area contributed by atoms with Crippen LogP contribution in [0.2, 0.25) is 0 Å². The molecule has 2 heterocycles. The molecule has 1 aromatic carbocycles. The molecular formula is C15H18FN3O2. The largest absolute Gasteiger partial charge is 0.394 e. The van der Waals surface area contributed by atoms with E-state index in [1.54, 1.807) is 16.8 Å². The number of aliphatic hydroxyl groups is 1. The summed E-state index contributed by atoms with van der Waals surface area (Å²) in [6.45, 7) is 1.61. The Morgan fingerprint density at radius 1 is 1.38 bits per heavy atom. The van der Waals surface area contributed by atoms with Gasteiger partial charge in [-0.3, -0.25) is 0 Å². The van der Waals surface area contributed by atoms with Crippen LogP contribution in [-0.4, -0.2) is 32.8 Å². The first-order chi connectivity index (χ1) is 10.2. The lowest BCUT2D eigenvalue weighted by molar-refractivity contribution is -0.000690. The van der Waals surface area contributed by atoms with E-state index in [-0.39, 0.29) is 18.8 Å². The summed E-state index contributed by atoms with van der Waals surface area (Å²) in [5.74, 6) is 0.300. The van der Waals surface area contributed by atoms with Crippen molar-refractivity contribution in [2.45, 2.75) is 32.2 Å². The average Bonchev–Trinajstić information content (AvgIpc) is 3.13.